The Labute approximate surface area is 98.3 Å². The summed E-state index contributed by atoms with van der Waals surface area (Å²) in [6.45, 7) is 1.43. The minimum atomic E-state index is -0.925. The number of rotatable bonds is 3. The molecule has 0 saturated heterocycles. The molecule has 0 radical (unpaired) electrons. The number of nitro benzene ring substituents is 1. The first-order valence-electron chi connectivity index (χ1n) is 4.34. The first kappa shape index (κ1) is 14.6. The molecular formula is C9H13ClN2O4. The predicted octanol–water partition coefficient (Wildman–Crippen LogP) is 1.10. The third-order valence-electron chi connectivity index (χ3n) is 2.09. The summed E-state index contributed by atoms with van der Waals surface area (Å²) in [5.74, 6) is -0.119. The average Bonchev–Trinajstić information content (AvgIpc) is 2.15. The van der Waals surface area contributed by atoms with Crippen LogP contribution < -0.4 is 5.73 Å². The van der Waals surface area contributed by atoms with Crippen molar-refractivity contribution >= 4 is 18.1 Å². The summed E-state index contributed by atoms with van der Waals surface area (Å²) in [7, 11) is 0. The number of hydrogen-bond donors (Lipinski definition) is 3. The number of nitro groups is 1. The predicted molar refractivity (Wildman–Crippen MR) is 60.6 cm³/mol. The van der Waals surface area contributed by atoms with Gasteiger partial charge in [0.1, 0.15) is 5.75 Å². The van der Waals surface area contributed by atoms with Crippen LogP contribution in [0.2, 0.25) is 0 Å². The van der Waals surface area contributed by atoms with Gasteiger partial charge in [-0.2, -0.15) is 0 Å². The number of nitrogens with two attached hydrogens (primary N) is 1. The van der Waals surface area contributed by atoms with E-state index in [1.165, 1.54) is 19.1 Å². The number of benzene rings is 1. The molecule has 6 nitrogen and oxygen atoms in total. The van der Waals surface area contributed by atoms with Crippen LogP contribution in [0.4, 0.5) is 5.69 Å². The van der Waals surface area contributed by atoms with Crippen LogP contribution in [0.5, 0.6) is 5.75 Å². The Hall–Kier alpha value is -1.37. The quantitative estimate of drug-likeness (QED) is 0.548. The van der Waals surface area contributed by atoms with Crippen molar-refractivity contribution in [3.8, 4) is 5.75 Å². The summed E-state index contributed by atoms with van der Waals surface area (Å²) in [4.78, 5) is 10.0. The van der Waals surface area contributed by atoms with Crippen LogP contribution in [0.15, 0.2) is 18.2 Å². The van der Waals surface area contributed by atoms with Crippen LogP contribution in [0.25, 0.3) is 0 Å². The number of halogens is 1. The largest absolute Gasteiger partial charge is 0.508 e. The topological polar surface area (TPSA) is 110 Å². The molecule has 7 heteroatoms. The summed E-state index contributed by atoms with van der Waals surface area (Å²) in [5.41, 5.74) is 5.49. The van der Waals surface area contributed by atoms with Crippen LogP contribution in [0.3, 0.4) is 0 Å². The summed E-state index contributed by atoms with van der Waals surface area (Å²) in [5, 5.41) is 29.1. The second-order valence-corrected chi connectivity index (χ2v) is 3.27. The van der Waals surface area contributed by atoms with E-state index in [-0.39, 0.29) is 29.4 Å². The zero-order valence-corrected chi connectivity index (χ0v) is 9.35. The van der Waals surface area contributed by atoms with E-state index in [0.29, 0.717) is 0 Å². The minimum Gasteiger partial charge on any atom is -0.508 e. The van der Waals surface area contributed by atoms with Crippen molar-refractivity contribution in [2.45, 2.75) is 19.1 Å². The molecule has 0 heterocycles. The maximum Gasteiger partial charge on any atom is 0.274 e. The zero-order valence-electron chi connectivity index (χ0n) is 8.53. The van der Waals surface area contributed by atoms with Gasteiger partial charge < -0.3 is 15.9 Å². The first-order chi connectivity index (χ1) is 6.93. The lowest BCUT2D eigenvalue weighted by Gasteiger charge is -2.15. The van der Waals surface area contributed by atoms with Gasteiger partial charge in [-0.25, -0.2) is 0 Å². The van der Waals surface area contributed by atoms with E-state index in [1.54, 1.807) is 0 Å². The standard InChI is InChI=1S/C9H12N2O4.ClH/c1-5(12)9(10)7-4-6(13)2-3-8(7)11(14)15;/h2-5,9,12-13H,10H2,1H3;1H/t5-,9-;/m0./s1. The average molecular weight is 249 g/mol. The van der Waals surface area contributed by atoms with Gasteiger partial charge in [-0.15, -0.1) is 12.4 Å². The lowest BCUT2D eigenvalue weighted by atomic mass is 10.0. The highest BCUT2D eigenvalue weighted by atomic mass is 35.5. The van der Waals surface area contributed by atoms with Crippen molar-refractivity contribution in [3.05, 3.63) is 33.9 Å². The molecule has 0 spiro atoms. The van der Waals surface area contributed by atoms with Crippen molar-refractivity contribution < 1.29 is 15.1 Å². The molecule has 0 fully saturated rings. The number of aliphatic hydroxyl groups excluding tert-OH is 1. The molecule has 0 saturated carbocycles. The van der Waals surface area contributed by atoms with Crippen molar-refractivity contribution in [3.63, 3.8) is 0 Å². The summed E-state index contributed by atoms with van der Waals surface area (Å²) >= 11 is 0. The Kier molecular flexibility index (Phi) is 5.16. The molecule has 90 valence electrons. The van der Waals surface area contributed by atoms with Crippen molar-refractivity contribution in [2.24, 2.45) is 5.73 Å². The van der Waals surface area contributed by atoms with Crippen LogP contribution in [-0.4, -0.2) is 21.2 Å². The maximum atomic E-state index is 10.6. The molecular weight excluding hydrogens is 236 g/mol. The molecule has 16 heavy (non-hydrogen) atoms. The van der Waals surface area contributed by atoms with Crippen LogP contribution in [-0.2, 0) is 0 Å². The monoisotopic (exact) mass is 248 g/mol. The zero-order chi connectivity index (χ0) is 11.6. The SMILES string of the molecule is C[C@H](O)[C@H](N)c1cc(O)ccc1[N+](=O)[O-].Cl. The normalized spacial score (nSPS) is 13.7. The molecule has 0 unspecified atom stereocenters. The Balaban J connectivity index is 0.00000225. The molecule has 1 aromatic rings. The number of phenols is 1. The molecule has 0 aliphatic heterocycles. The fraction of sp³-hybridized carbons (Fsp3) is 0.333. The van der Waals surface area contributed by atoms with Crippen LogP contribution in [0.1, 0.15) is 18.5 Å². The lowest BCUT2D eigenvalue weighted by Crippen LogP contribution is -2.24. The first-order valence-corrected chi connectivity index (χ1v) is 4.34. The second kappa shape index (κ2) is 5.64. The van der Waals surface area contributed by atoms with E-state index < -0.39 is 17.1 Å². The Bertz CT molecular complexity index is 384. The van der Waals surface area contributed by atoms with E-state index in [9.17, 15) is 20.3 Å². The molecule has 0 aliphatic rings. The number of phenolic OH excluding ortho intramolecular Hbond substituents is 1. The van der Waals surface area contributed by atoms with Gasteiger partial charge in [-0.05, 0) is 19.1 Å². The molecule has 1 aromatic carbocycles. The van der Waals surface area contributed by atoms with Gasteiger partial charge in [0.25, 0.3) is 5.69 Å². The summed E-state index contributed by atoms with van der Waals surface area (Å²) < 4.78 is 0. The third-order valence-corrected chi connectivity index (χ3v) is 2.09. The molecule has 2 atom stereocenters. The van der Waals surface area contributed by atoms with Gasteiger partial charge in [0.05, 0.1) is 22.6 Å². The smallest absolute Gasteiger partial charge is 0.274 e. The van der Waals surface area contributed by atoms with Gasteiger partial charge in [0.2, 0.25) is 0 Å². The van der Waals surface area contributed by atoms with Crippen LogP contribution in [0, 0.1) is 10.1 Å². The highest BCUT2D eigenvalue weighted by molar-refractivity contribution is 5.85. The van der Waals surface area contributed by atoms with Gasteiger partial charge in [-0.1, -0.05) is 0 Å². The maximum absolute atomic E-state index is 10.6. The van der Waals surface area contributed by atoms with E-state index in [0.717, 1.165) is 6.07 Å². The van der Waals surface area contributed by atoms with Gasteiger partial charge in [-0.3, -0.25) is 10.1 Å². The molecule has 0 amide bonds. The van der Waals surface area contributed by atoms with E-state index in [1.807, 2.05) is 0 Å². The van der Waals surface area contributed by atoms with Crippen molar-refractivity contribution in [1.82, 2.24) is 0 Å². The summed E-state index contributed by atoms with van der Waals surface area (Å²) in [6.07, 6.45) is -0.925. The highest BCUT2D eigenvalue weighted by Gasteiger charge is 2.22. The number of hydrogen-bond acceptors (Lipinski definition) is 5. The number of aliphatic hydroxyl groups is 1. The molecule has 1 rings (SSSR count). The van der Waals surface area contributed by atoms with E-state index >= 15 is 0 Å². The Morgan fingerprint density at radius 2 is 2.06 bits per heavy atom. The minimum absolute atomic E-state index is 0. The third kappa shape index (κ3) is 3.06. The highest BCUT2D eigenvalue weighted by Crippen LogP contribution is 2.29. The van der Waals surface area contributed by atoms with Crippen LogP contribution >= 0.6 is 12.4 Å². The summed E-state index contributed by atoms with van der Waals surface area (Å²) in [6, 6.07) is 2.66. The van der Waals surface area contributed by atoms with E-state index in [2.05, 4.69) is 0 Å². The van der Waals surface area contributed by atoms with Gasteiger partial charge in [0.15, 0.2) is 0 Å². The number of aromatic hydroxyl groups is 1. The molecule has 0 bridgehead atoms. The fourth-order valence-corrected chi connectivity index (χ4v) is 1.24. The molecule has 0 aliphatic carbocycles. The van der Waals surface area contributed by atoms with Gasteiger partial charge >= 0.3 is 0 Å². The van der Waals surface area contributed by atoms with Gasteiger partial charge in [0, 0.05) is 6.07 Å². The Morgan fingerprint density at radius 3 is 2.50 bits per heavy atom. The fourth-order valence-electron chi connectivity index (χ4n) is 1.24. The Morgan fingerprint density at radius 1 is 1.50 bits per heavy atom. The second-order valence-electron chi connectivity index (χ2n) is 3.27. The molecule has 0 aromatic heterocycles. The van der Waals surface area contributed by atoms with Crippen molar-refractivity contribution in [2.75, 3.05) is 0 Å². The molecule has 4 N–H and O–H groups in total. The lowest BCUT2D eigenvalue weighted by molar-refractivity contribution is -0.385. The van der Waals surface area contributed by atoms with E-state index in [4.69, 9.17) is 5.73 Å². The van der Waals surface area contributed by atoms with Crippen molar-refractivity contribution in [1.29, 1.82) is 0 Å². The number of nitrogens with zero attached hydrogens (tertiary/aromatic N) is 1.